The van der Waals surface area contributed by atoms with Crippen molar-refractivity contribution in [3.05, 3.63) is 48.5 Å². The summed E-state index contributed by atoms with van der Waals surface area (Å²) in [6.45, 7) is 2.94. The molecule has 0 bridgehead atoms. The molecule has 0 saturated carbocycles. The Balaban J connectivity index is 1.30. The van der Waals surface area contributed by atoms with Crippen molar-refractivity contribution in [3.63, 3.8) is 0 Å². The number of carbonyl (C=O) groups excluding carboxylic acids is 1. The summed E-state index contributed by atoms with van der Waals surface area (Å²) >= 11 is 2.73. The van der Waals surface area contributed by atoms with Crippen molar-refractivity contribution < 1.29 is 23.3 Å². The second kappa shape index (κ2) is 9.91. The highest BCUT2D eigenvalue weighted by Gasteiger charge is 2.51. The van der Waals surface area contributed by atoms with Gasteiger partial charge in [-0.05, 0) is 55.9 Å². The minimum absolute atomic E-state index is 0.391. The number of hydrogen-bond donors (Lipinski definition) is 1. The summed E-state index contributed by atoms with van der Waals surface area (Å²) in [6.07, 6.45) is -2.18. The van der Waals surface area contributed by atoms with Gasteiger partial charge in [0.2, 0.25) is 5.91 Å². The lowest BCUT2D eigenvalue weighted by Gasteiger charge is -2.38. The number of benzene rings is 2. The maximum Gasteiger partial charge on any atom is 0.256 e. The van der Waals surface area contributed by atoms with E-state index in [1.54, 1.807) is 6.66 Å². The van der Waals surface area contributed by atoms with Gasteiger partial charge in [-0.25, -0.2) is 4.98 Å². The summed E-state index contributed by atoms with van der Waals surface area (Å²) in [5, 5.41) is -0.399. The van der Waals surface area contributed by atoms with Crippen LogP contribution >= 0.6 is 29.5 Å². The van der Waals surface area contributed by atoms with Gasteiger partial charge in [-0.1, -0.05) is 35.3 Å². The van der Waals surface area contributed by atoms with Crippen LogP contribution in [0.1, 0.15) is 12.8 Å². The summed E-state index contributed by atoms with van der Waals surface area (Å²) in [7, 11) is 0. The molecule has 1 aliphatic rings. The average molecular weight is 493 g/mol. The van der Waals surface area contributed by atoms with Gasteiger partial charge in [0.25, 0.3) is 5.22 Å². The lowest BCUT2D eigenvalue weighted by atomic mass is 9.98. The van der Waals surface area contributed by atoms with Gasteiger partial charge < -0.3 is 24.2 Å². The van der Waals surface area contributed by atoms with Crippen LogP contribution in [0.25, 0.3) is 11.1 Å². The first-order chi connectivity index (χ1) is 15.4. The van der Waals surface area contributed by atoms with Gasteiger partial charge in [-0.2, -0.15) is 0 Å². The molecule has 2 aromatic carbocycles. The molecule has 2 N–H and O–H groups in total. The largest absolute Gasteiger partial charge is 0.493 e. The second-order valence-electron chi connectivity index (χ2n) is 7.56. The fraction of sp³-hybridized carbons (Fsp3) is 0.364. The minimum Gasteiger partial charge on any atom is -0.493 e. The molecule has 10 heteroatoms. The molecule has 2 heterocycles. The van der Waals surface area contributed by atoms with E-state index in [4.69, 9.17) is 19.6 Å². The standard InChI is InChI=1S/C22H25N2O5PS2/c1-30(26,22(20(23)25)10-12-27-13-11-22)32-17-8-6-16(7-9-17)28-14-15-31-21-24-18-4-2-3-5-19(18)29-21/h2-9H,10-15H2,1H3,(H2,23,25). The van der Waals surface area contributed by atoms with Gasteiger partial charge >= 0.3 is 0 Å². The Morgan fingerprint density at radius 1 is 1.19 bits per heavy atom. The van der Waals surface area contributed by atoms with E-state index in [1.807, 2.05) is 48.5 Å². The molecular weight excluding hydrogens is 467 g/mol. The van der Waals surface area contributed by atoms with E-state index in [-0.39, 0.29) is 0 Å². The Labute approximate surface area is 194 Å². The van der Waals surface area contributed by atoms with Crippen molar-refractivity contribution in [1.82, 2.24) is 4.98 Å². The Hall–Kier alpha value is -1.93. The third kappa shape index (κ3) is 5.01. The zero-order valence-corrected chi connectivity index (χ0v) is 20.2. The molecule has 0 aliphatic carbocycles. The molecule has 1 saturated heterocycles. The van der Waals surface area contributed by atoms with Crippen molar-refractivity contribution in [2.75, 3.05) is 32.2 Å². The van der Waals surface area contributed by atoms with Crippen molar-refractivity contribution >= 4 is 46.5 Å². The number of nitrogens with zero attached hydrogens (tertiary/aromatic N) is 1. The first-order valence-electron chi connectivity index (χ1n) is 10.3. The molecule has 1 unspecified atom stereocenters. The van der Waals surface area contributed by atoms with Crippen LogP contribution in [0.3, 0.4) is 0 Å². The highest BCUT2D eigenvalue weighted by molar-refractivity contribution is 8.58. The number of hydrogen-bond acceptors (Lipinski definition) is 8. The third-order valence-electron chi connectivity index (χ3n) is 5.51. The van der Waals surface area contributed by atoms with Crippen LogP contribution < -0.4 is 10.5 Å². The molecule has 0 spiro atoms. The summed E-state index contributed by atoms with van der Waals surface area (Å²) in [5.41, 5.74) is 7.30. The summed E-state index contributed by atoms with van der Waals surface area (Å²) in [5.74, 6) is 0.904. The second-order valence-corrected chi connectivity index (χ2v) is 14.4. The van der Waals surface area contributed by atoms with Gasteiger partial charge in [0.15, 0.2) is 11.9 Å². The van der Waals surface area contributed by atoms with Crippen LogP contribution in [0, 0.1) is 0 Å². The van der Waals surface area contributed by atoms with E-state index < -0.39 is 17.4 Å². The van der Waals surface area contributed by atoms with Gasteiger partial charge in [0, 0.05) is 23.9 Å². The first kappa shape index (κ1) is 23.2. The number of primary amides is 1. The van der Waals surface area contributed by atoms with E-state index in [9.17, 15) is 9.36 Å². The highest BCUT2D eigenvalue weighted by atomic mass is 32.7. The number of carbonyl (C=O) groups is 1. The molecule has 170 valence electrons. The monoisotopic (exact) mass is 492 g/mol. The molecule has 1 fully saturated rings. The Kier molecular flexibility index (Phi) is 7.20. The molecule has 7 nitrogen and oxygen atoms in total. The Morgan fingerprint density at radius 2 is 1.91 bits per heavy atom. The average Bonchev–Trinajstić information content (AvgIpc) is 3.21. The molecule has 32 heavy (non-hydrogen) atoms. The lowest BCUT2D eigenvalue weighted by molar-refractivity contribution is -0.122. The van der Waals surface area contributed by atoms with Crippen molar-refractivity contribution in [2.24, 2.45) is 5.73 Å². The number of para-hydroxylation sites is 2. The molecular formula is C22H25N2O5PS2. The number of aromatic nitrogens is 1. The molecule has 4 rings (SSSR count). The van der Waals surface area contributed by atoms with Crippen molar-refractivity contribution in [2.45, 2.75) is 28.1 Å². The van der Waals surface area contributed by atoms with Crippen LogP contribution in [0.4, 0.5) is 0 Å². The van der Waals surface area contributed by atoms with Crippen LogP contribution in [0.5, 0.6) is 5.75 Å². The van der Waals surface area contributed by atoms with Gasteiger partial charge in [0.05, 0.1) is 6.61 Å². The number of ether oxygens (including phenoxy) is 2. The number of thioether (sulfide) groups is 1. The fourth-order valence-electron chi connectivity index (χ4n) is 3.65. The quantitative estimate of drug-likeness (QED) is 0.252. The lowest BCUT2D eigenvalue weighted by Crippen LogP contribution is -2.47. The van der Waals surface area contributed by atoms with Gasteiger partial charge in [-0.3, -0.25) is 4.79 Å². The zero-order chi connectivity index (χ0) is 22.6. The maximum absolute atomic E-state index is 13.6. The van der Waals surface area contributed by atoms with Crippen molar-refractivity contribution in [1.29, 1.82) is 0 Å². The van der Waals surface area contributed by atoms with Crippen LogP contribution in [0.15, 0.2) is 63.1 Å². The Morgan fingerprint density at radius 3 is 2.59 bits per heavy atom. The molecule has 1 atom stereocenters. The molecule has 1 aliphatic heterocycles. The summed E-state index contributed by atoms with van der Waals surface area (Å²) in [6, 6.07) is 15.1. The van der Waals surface area contributed by atoms with E-state index in [1.165, 1.54) is 23.1 Å². The SMILES string of the molecule is CP(=O)(Sc1ccc(OCCSc2nc3ccccc3o2)cc1)C1(C(N)=O)CCOCC1. The van der Waals surface area contributed by atoms with E-state index in [2.05, 4.69) is 4.98 Å². The van der Waals surface area contributed by atoms with Gasteiger partial charge in [0.1, 0.15) is 16.4 Å². The topological polar surface area (TPSA) is 105 Å². The zero-order valence-electron chi connectivity index (χ0n) is 17.7. The number of amides is 1. The van der Waals surface area contributed by atoms with Crippen molar-refractivity contribution in [3.8, 4) is 5.75 Å². The molecule has 0 radical (unpaired) electrons. The normalized spacial score (nSPS) is 17.7. The maximum atomic E-state index is 13.6. The number of fused-ring (bicyclic) bond motifs is 1. The van der Waals surface area contributed by atoms with Crippen LogP contribution in [0.2, 0.25) is 0 Å². The molecule has 1 amide bonds. The molecule has 1 aromatic heterocycles. The van der Waals surface area contributed by atoms with Crippen LogP contribution in [-0.4, -0.2) is 48.3 Å². The predicted molar refractivity (Wildman–Crippen MR) is 128 cm³/mol. The minimum atomic E-state index is -2.96. The fourth-order valence-corrected chi connectivity index (χ4v) is 9.45. The Bertz CT molecular complexity index is 1100. The van der Waals surface area contributed by atoms with Crippen LogP contribution in [-0.2, 0) is 14.1 Å². The smallest absolute Gasteiger partial charge is 0.256 e. The number of nitrogens with two attached hydrogens (primary N) is 1. The first-order valence-corrected chi connectivity index (χ1v) is 14.8. The number of rotatable bonds is 9. The van der Waals surface area contributed by atoms with Gasteiger partial charge in [-0.15, -0.1) is 0 Å². The summed E-state index contributed by atoms with van der Waals surface area (Å²) < 4.78 is 30.4. The highest BCUT2D eigenvalue weighted by Crippen LogP contribution is 2.70. The number of oxazole rings is 1. The summed E-state index contributed by atoms with van der Waals surface area (Å²) in [4.78, 5) is 17.5. The third-order valence-corrected chi connectivity index (χ3v) is 12.1. The van der Waals surface area contributed by atoms with E-state index in [0.717, 1.165) is 16.0 Å². The predicted octanol–water partition coefficient (Wildman–Crippen LogP) is 5.03. The molecule has 3 aromatic rings. The van der Waals surface area contributed by atoms with E-state index >= 15 is 0 Å². The van der Waals surface area contributed by atoms with E-state index in [0.29, 0.717) is 49.4 Å².